The van der Waals surface area contributed by atoms with Crippen LogP contribution in [-0.4, -0.2) is 20.3 Å². The number of aromatic nitrogens is 3. The maximum Gasteiger partial charge on any atom is 0.140 e. The highest BCUT2D eigenvalue weighted by Crippen LogP contribution is 2.34. The van der Waals surface area contributed by atoms with Crippen LogP contribution in [0.4, 0.5) is 0 Å². The third-order valence-electron chi connectivity index (χ3n) is 2.67. The number of aryl methyl sites for hydroxylation is 1. The van der Waals surface area contributed by atoms with E-state index in [1.165, 1.54) is 12.8 Å². The molecule has 1 aliphatic rings. The predicted molar refractivity (Wildman–Crippen MR) is 50.2 cm³/mol. The van der Waals surface area contributed by atoms with Gasteiger partial charge in [0.1, 0.15) is 12.2 Å². The Bertz CT molecular complexity index is 288. The molecule has 13 heavy (non-hydrogen) atoms. The molecular formula is C9H16N4. The SMILES string of the molecule is CCn1ncnc1CNC1(C)CC1. The first kappa shape index (κ1) is 8.69. The largest absolute Gasteiger partial charge is 0.305 e. The zero-order valence-corrected chi connectivity index (χ0v) is 8.25. The van der Waals surface area contributed by atoms with Crippen molar-refractivity contribution in [2.45, 2.75) is 45.3 Å². The summed E-state index contributed by atoms with van der Waals surface area (Å²) < 4.78 is 1.93. The average Bonchev–Trinajstić information content (AvgIpc) is 2.69. The molecule has 0 radical (unpaired) electrons. The molecule has 1 aliphatic carbocycles. The number of rotatable bonds is 4. The fourth-order valence-electron chi connectivity index (χ4n) is 1.35. The Morgan fingerprint density at radius 3 is 3.00 bits per heavy atom. The average molecular weight is 180 g/mol. The maximum atomic E-state index is 4.21. The van der Waals surface area contributed by atoms with Gasteiger partial charge in [-0.15, -0.1) is 0 Å². The second-order valence-corrected chi connectivity index (χ2v) is 3.91. The zero-order valence-electron chi connectivity index (χ0n) is 8.25. The first-order valence-electron chi connectivity index (χ1n) is 4.85. The Morgan fingerprint density at radius 1 is 1.62 bits per heavy atom. The van der Waals surface area contributed by atoms with Crippen LogP contribution in [0.2, 0.25) is 0 Å². The van der Waals surface area contributed by atoms with Crippen LogP contribution in [0.25, 0.3) is 0 Å². The molecule has 1 heterocycles. The van der Waals surface area contributed by atoms with E-state index < -0.39 is 0 Å². The van der Waals surface area contributed by atoms with Gasteiger partial charge in [-0.2, -0.15) is 5.10 Å². The van der Waals surface area contributed by atoms with Crippen molar-refractivity contribution >= 4 is 0 Å². The van der Waals surface area contributed by atoms with Gasteiger partial charge >= 0.3 is 0 Å². The van der Waals surface area contributed by atoms with Gasteiger partial charge in [-0.3, -0.25) is 0 Å². The van der Waals surface area contributed by atoms with Gasteiger partial charge in [0, 0.05) is 12.1 Å². The summed E-state index contributed by atoms with van der Waals surface area (Å²) >= 11 is 0. The van der Waals surface area contributed by atoms with Crippen molar-refractivity contribution in [2.75, 3.05) is 0 Å². The Morgan fingerprint density at radius 2 is 2.38 bits per heavy atom. The number of hydrogen-bond donors (Lipinski definition) is 1. The van der Waals surface area contributed by atoms with Crippen molar-refractivity contribution in [1.82, 2.24) is 20.1 Å². The van der Waals surface area contributed by atoms with Gasteiger partial charge in [0.2, 0.25) is 0 Å². The molecule has 0 saturated heterocycles. The van der Waals surface area contributed by atoms with E-state index in [9.17, 15) is 0 Å². The van der Waals surface area contributed by atoms with Crippen molar-refractivity contribution in [3.05, 3.63) is 12.2 Å². The Kier molecular flexibility index (Phi) is 2.07. The molecule has 0 aromatic carbocycles. The normalized spacial score (nSPS) is 18.9. The van der Waals surface area contributed by atoms with Gasteiger partial charge in [0.15, 0.2) is 0 Å². The molecule has 0 amide bonds. The van der Waals surface area contributed by atoms with Crippen LogP contribution in [0.3, 0.4) is 0 Å². The van der Waals surface area contributed by atoms with Crippen LogP contribution in [0, 0.1) is 0 Å². The first-order chi connectivity index (χ1) is 6.23. The van der Waals surface area contributed by atoms with Crippen molar-refractivity contribution in [2.24, 2.45) is 0 Å². The van der Waals surface area contributed by atoms with Crippen LogP contribution in [-0.2, 0) is 13.1 Å². The number of nitrogens with one attached hydrogen (secondary N) is 1. The van der Waals surface area contributed by atoms with E-state index in [0.29, 0.717) is 5.54 Å². The Balaban J connectivity index is 1.93. The summed E-state index contributed by atoms with van der Waals surface area (Å²) in [6.45, 7) is 6.06. The molecule has 1 aromatic rings. The highest BCUT2D eigenvalue weighted by atomic mass is 15.3. The fourth-order valence-corrected chi connectivity index (χ4v) is 1.35. The lowest BCUT2D eigenvalue weighted by atomic mass is 10.3. The second-order valence-electron chi connectivity index (χ2n) is 3.91. The van der Waals surface area contributed by atoms with E-state index in [-0.39, 0.29) is 0 Å². The summed E-state index contributed by atoms with van der Waals surface area (Å²) in [5.74, 6) is 1.04. The molecule has 2 rings (SSSR count). The zero-order chi connectivity index (χ0) is 9.31. The molecular weight excluding hydrogens is 164 g/mol. The molecule has 0 unspecified atom stereocenters. The van der Waals surface area contributed by atoms with Crippen molar-refractivity contribution in [3.63, 3.8) is 0 Å². The summed E-state index contributed by atoms with van der Waals surface area (Å²) in [4.78, 5) is 4.21. The van der Waals surface area contributed by atoms with Crippen LogP contribution >= 0.6 is 0 Å². The first-order valence-corrected chi connectivity index (χ1v) is 4.85. The van der Waals surface area contributed by atoms with E-state index in [4.69, 9.17) is 0 Å². The number of hydrogen-bond acceptors (Lipinski definition) is 3. The molecule has 0 bridgehead atoms. The third-order valence-corrected chi connectivity index (χ3v) is 2.67. The fraction of sp³-hybridized carbons (Fsp3) is 0.778. The summed E-state index contributed by atoms with van der Waals surface area (Å²) in [7, 11) is 0. The minimum atomic E-state index is 0.379. The van der Waals surface area contributed by atoms with Crippen LogP contribution in [0.5, 0.6) is 0 Å². The summed E-state index contributed by atoms with van der Waals surface area (Å²) in [6.07, 6.45) is 4.19. The van der Waals surface area contributed by atoms with E-state index >= 15 is 0 Å². The van der Waals surface area contributed by atoms with Gasteiger partial charge < -0.3 is 5.32 Å². The maximum absolute atomic E-state index is 4.21. The Labute approximate surface area is 78.4 Å². The third kappa shape index (κ3) is 1.88. The highest BCUT2D eigenvalue weighted by Gasteiger charge is 2.36. The molecule has 1 aromatic heterocycles. The Hall–Kier alpha value is -0.900. The minimum Gasteiger partial charge on any atom is -0.305 e. The summed E-state index contributed by atoms with van der Waals surface area (Å²) in [5, 5.41) is 7.61. The second kappa shape index (κ2) is 3.10. The smallest absolute Gasteiger partial charge is 0.140 e. The lowest BCUT2D eigenvalue weighted by Crippen LogP contribution is -2.28. The van der Waals surface area contributed by atoms with E-state index in [2.05, 4.69) is 29.2 Å². The molecule has 0 spiro atoms. The molecule has 72 valence electrons. The van der Waals surface area contributed by atoms with Crippen molar-refractivity contribution < 1.29 is 0 Å². The van der Waals surface area contributed by atoms with Gasteiger partial charge in [-0.25, -0.2) is 9.67 Å². The standard InChI is InChI=1S/C9H16N4/c1-3-13-8(10-7-12-13)6-11-9(2)4-5-9/h7,11H,3-6H2,1-2H3. The predicted octanol–water partition coefficient (Wildman–Crippen LogP) is 0.940. The molecule has 4 heteroatoms. The summed E-state index contributed by atoms with van der Waals surface area (Å²) in [5.41, 5.74) is 0.379. The quantitative estimate of drug-likeness (QED) is 0.750. The van der Waals surface area contributed by atoms with Crippen molar-refractivity contribution in [3.8, 4) is 0 Å². The van der Waals surface area contributed by atoms with Gasteiger partial charge in [-0.1, -0.05) is 0 Å². The highest BCUT2D eigenvalue weighted by molar-refractivity contribution is 4.99. The van der Waals surface area contributed by atoms with E-state index in [0.717, 1.165) is 18.9 Å². The monoisotopic (exact) mass is 180 g/mol. The lowest BCUT2D eigenvalue weighted by Gasteiger charge is -2.10. The molecule has 1 N–H and O–H groups in total. The van der Waals surface area contributed by atoms with E-state index in [1.807, 2.05) is 4.68 Å². The van der Waals surface area contributed by atoms with Crippen LogP contribution < -0.4 is 5.32 Å². The van der Waals surface area contributed by atoms with Crippen LogP contribution in [0.1, 0.15) is 32.5 Å². The summed E-state index contributed by atoms with van der Waals surface area (Å²) in [6, 6.07) is 0. The van der Waals surface area contributed by atoms with Gasteiger partial charge in [-0.05, 0) is 26.7 Å². The molecule has 1 saturated carbocycles. The van der Waals surface area contributed by atoms with Gasteiger partial charge in [0.05, 0.1) is 6.54 Å². The van der Waals surface area contributed by atoms with E-state index in [1.54, 1.807) is 6.33 Å². The van der Waals surface area contributed by atoms with Crippen LogP contribution in [0.15, 0.2) is 6.33 Å². The topological polar surface area (TPSA) is 42.7 Å². The number of nitrogens with zero attached hydrogens (tertiary/aromatic N) is 3. The molecule has 4 nitrogen and oxygen atoms in total. The minimum absolute atomic E-state index is 0.379. The van der Waals surface area contributed by atoms with Crippen molar-refractivity contribution in [1.29, 1.82) is 0 Å². The molecule has 0 atom stereocenters. The van der Waals surface area contributed by atoms with Gasteiger partial charge in [0.25, 0.3) is 0 Å². The molecule has 0 aliphatic heterocycles. The molecule has 1 fully saturated rings. The lowest BCUT2D eigenvalue weighted by molar-refractivity contribution is 0.499.